The molecule has 0 aromatic heterocycles. The molecule has 1 aliphatic heterocycles. The van der Waals surface area contributed by atoms with E-state index in [-0.39, 0.29) is 24.5 Å². The van der Waals surface area contributed by atoms with Crippen LogP contribution in [-0.4, -0.2) is 62.1 Å². The van der Waals surface area contributed by atoms with Crippen molar-refractivity contribution in [2.75, 3.05) is 50.0 Å². The van der Waals surface area contributed by atoms with Gasteiger partial charge >= 0.3 is 6.09 Å². The number of ether oxygens (including phenoxy) is 1. The monoisotopic (exact) mass is 411 g/mol. The zero-order valence-electron chi connectivity index (χ0n) is 17.0. The Morgan fingerprint density at radius 2 is 1.63 bits per heavy atom. The molecule has 158 valence electrons. The van der Waals surface area contributed by atoms with E-state index in [1.165, 1.54) is 0 Å². The van der Waals surface area contributed by atoms with Gasteiger partial charge in [0.2, 0.25) is 0 Å². The van der Waals surface area contributed by atoms with Crippen LogP contribution < -0.4 is 15.5 Å². The summed E-state index contributed by atoms with van der Waals surface area (Å²) >= 11 is 0. The minimum Gasteiger partial charge on any atom is -0.450 e. The van der Waals surface area contributed by atoms with Gasteiger partial charge in [-0.15, -0.1) is 0 Å². The molecule has 3 rings (SSSR count). The fourth-order valence-corrected chi connectivity index (χ4v) is 3.33. The summed E-state index contributed by atoms with van der Waals surface area (Å²) in [6, 6.07) is 16.1. The number of hydrogen-bond donors (Lipinski definition) is 3. The Bertz CT molecular complexity index is 880. The molecule has 0 spiro atoms. The zero-order chi connectivity index (χ0) is 21.3. The number of piperazine rings is 1. The molecule has 0 aliphatic carbocycles. The van der Waals surface area contributed by atoms with E-state index >= 15 is 0 Å². The second kappa shape index (κ2) is 10.4. The van der Waals surface area contributed by atoms with Gasteiger partial charge in [0.05, 0.1) is 44.0 Å². The number of amides is 3. The average molecular weight is 411 g/mol. The van der Waals surface area contributed by atoms with Crippen molar-refractivity contribution in [3.8, 4) is 0 Å². The number of carbonyl (C=O) groups is 3. The van der Waals surface area contributed by atoms with Gasteiger partial charge in [-0.2, -0.15) is 0 Å². The quantitative estimate of drug-likeness (QED) is 0.667. The predicted molar refractivity (Wildman–Crippen MR) is 114 cm³/mol. The molecular weight excluding hydrogens is 384 g/mol. The third-order valence-corrected chi connectivity index (χ3v) is 4.88. The topological polar surface area (TPSA) is 92.2 Å². The minimum absolute atomic E-state index is 0.172. The largest absolute Gasteiger partial charge is 0.450 e. The molecular formula is C22H27N4O4+. The van der Waals surface area contributed by atoms with Crippen molar-refractivity contribution in [1.29, 1.82) is 0 Å². The maximum atomic E-state index is 12.6. The fraction of sp³-hybridized carbons (Fsp3) is 0.318. The van der Waals surface area contributed by atoms with Gasteiger partial charge in [-0.3, -0.25) is 14.5 Å². The van der Waals surface area contributed by atoms with E-state index in [1.807, 2.05) is 18.2 Å². The zero-order valence-corrected chi connectivity index (χ0v) is 17.0. The molecule has 0 radical (unpaired) electrons. The molecule has 0 bridgehead atoms. The second-order valence-corrected chi connectivity index (χ2v) is 7.03. The Kier molecular flexibility index (Phi) is 7.40. The molecule has 2 aromatic rings. The highest BCUT2D eigenvalue weighted by Crippen LogP contribution is 2.17. The molecule has 1 heterocycles. The highest BCUT2D eigenvalue weighted by Gasteiger charge is 2.26. The maximum Gasteiger partial charge on any atom is 0.410 e. The van der Waals surface area contributed by atoms with Crippen molar-refractivity contribution >= 4 is 29.3 Å². The summed E-state index contributed by atoms with van der Waals surface area (Å²) in [7, 11) is 0. The van der Waals surface area contributed by atoms with Crippen LogP contribution in [0, 0.1) is 0 Å². The molecule has 8 heteroatoms. The van der Waals surface area contributed by atoms with Gasteiger partial charge < -0.3 is 20.3 Å². The fourth-order valence-electron chi connectivity index (χ4n) is 3.33. The number of anilines is 2. The van der Waals surface area contributed by atoms with Gasteiger partial charge in [-0.25, -0.2) is 4.79 Å². The third kappa shape index (κ3) is 5.81. The molecule has 8 nitrogen and oxygen atoms in total. The van der Waals surface area contributed by atoms with Crippen LogP contribution in [-0.2, 0) is 9.53 Å². The van der Waals surface area contributed by atoms with Crippen LogP contribution in [0.25, 0.3) is 0 Å². The van der Waals surface area contributed by atoms with E-state index < -0.39 is 0 Å². The van der Waals surface area contributed by atoms with Gasteiger partial charge in [-0.05, 0) is 31.2 Å². The van der Waals surface area contributed by atoms with Crippen molar-refractivity contribution < 1.29 is 24.0 Å². The summed E-state index contributed by atoms with van der Waals surface area (Å²) in [6.45, 7) is 4.85. The van der Waals surface area contributed by atoms with Crippen LogP contribution in [0.2, 0.25) is 0 Å². The molecule has 30 heavy (non-hydrogen) atoms. The smallest absolute Gasteiger partial charge is 0.410 e. The highest BCUT2D eigenvalue weighted by atomic mass is 16.6. The van der Waals surface area contributed by atoms with Gasteiger partial charge in [0.1, 0.15) is 0 Å². The summed E-state index contributed by atoms with van der Waals surface area (Å²) in [4.78, 5) is 39.7. The average Bonchev–Trinajstić information content (AvgIpc) is 2.75. The molecule has 1 fully saturated rings. The van der Waals surface area contributed by atoms with Crippen LogP contribution >= 0.6 is 0 Å². The summed E-state index contributed by atoms with van der Waals surface area (Å²) in [5.41, 5.74) is 1.56. The first-order valence-corrected chi connectivity index (χ1v) is 10.1. The van der Waals surface area contributed by atoms with E-state index in [9.17, 15) is 14.4 Å². The van der Waals surface area contributed by atoms with Crippen LogP contribution in [0.3, 0.4) is 0 Å². The minimum atomic E-state index is -0.306. The number of rotatable bonds is 6. The summed E-state index contributed by atoms with van der Waals surface area (Å²) in [5.74, 6) is -0.456. The lowest BCUT2D eigenvalue weighted by molar-refractivity contribution is -0.895. The maximum absolute atomic E-state index is 12.6. The van der Waals surface area contributed by atoms with Crippen molar-refractivity contribution in [2.45, 2.75) is 6.92 Å². The van der Waals surface area contributed by atoms with Gasteiger partial charge in [0.15, 0.2) is 6.54 Å². The number of quaternary nitrogens is 1. The number of hydrogen-bond acceptors (Lipinski definition) is 4. The van der Waals surface area contributed by atoms with Crippen LogP contribution in [0.4, 0.5) is 16.2 Å². The Labute approximate surface area is 175 Å². The molecule has 0 unspecified atom stereocenters. The van der Waals surface area contributed by atoms with Crippen molar-refractivity contribution in [2.24, 2.45) is 0 Å². The van der Waals surface area contributed by atoms with Crippen molar-refractivity contribution in [3.63, 3.8) is 0 Å². The Morgan fingerprint density at radius 1 is 0.967 bits per heavy atom. The molecule has 2 aromatic carbocycles. The number of para-hydroxylation sites is 2. The van der Waals surface area contributed by atoms with Crippen LogP contribution in [0.1, 0.15) is 17.3 Å². The first-order chi connectivity index (χ1) is 14.6. The van der Waals surface area contributed by atoms with Gasteiger partial charge in [-0.1, -0.05) is 30.3 Å². The SMILES string of the molecule is CCOC(=O)N1CC[NH+](CC(=O)Nc2ccccc2C(=O)Nc2ccccc2)CC1. The van der Waals surface area contributed by atoms with Crippen LogP contribution in [0.15, 0.2) is 54.6 Å². The molecule has 3 N–H and O–H groups in total. The van der Waals surface area contributed by atoms with Crippen LogP contribution in [0.5, 0.6) is 0 Å². The summed E-state index contributed by atoms with van der Waals surface area (Å²) in [5, 5.41) is 5.69. The van der Waals surface area contributed by atoms with Gasteiger partial charge in [0, 0.05) is 5.69 Å². The Morgan fingerprint density at radius 3 is 2.33 bits per heavy atom. The lowest BCUT2D eigenvalue weighted by atomic mass is 10.1. The molecule has 0 atom stereocenters. The summed E-state index contributed by atoms with van der Waals surface area (Å²) < 4.78 is 5.02. The lowest BCUT2D eigenvalue weighted by Crippen LogP contribution is -3.15. The Balaban J connectivity index is 1.55. The van der Waals surface area contributed by atoms with Crippen molar-refractivity contribution in [3.05, 3.63) is 60.2 Å². The first-order valence-electron chi connectivity index (χ1n) is 10.1. The number of carbonyl (C=O) groups excluding carboxylic acids is 3. The van der Waals surface area contributed by atoms with E-state index in [0.717, 1.165) is 4.90 Å². The number of nitrogens with zero attached hydrogens (tertiary/aromatic N) is 1. The third-order valence-electron chi connectivity index (χ3n) is 4.88. The van der Waals surface area contributed by atoms with E-state index in [2.05, 4.69) is 10.6 Å². The lowest BCUT2D eigenvalue weighted by Gasteiger charge is -2.31. The standard InChI is InChI=1S/C22H26N4O4/c1-2-30-22(29)26-14-12-25(13-15-26)16-20(27)24-19-11-7-6-10-18(19)21(28)23-17-8-4-3-5-9-17/h3-11H,2,12-16H2,1H3,(H,23,28)(H,24,27)/p+1. The van der Waals surface area contributed by atoms with Crippen molar-refractivity contribution in [1.82, 2.24) is 4.90 Å². The normalized spacial score (nSPS) is 14.1. The second-order valence-electron chi connectivity index (χ2n) is 7.03. The van der Waals surface area contributed by atoms with E-state index in [0.29, 0.717) is 49.7 Å². The molecule has 1 aliphatic rings. The highest BCUT2D eigenvalue weighted by molar-refractivity contribution is 6.10. The molecule has 3 amide bonds. The van der Waals surface area contributed by atoms with E-state index in [1.54, 1.807) is 48.2 Å². The Hall–Kier alpha value is -3.39. The number of benzene rings is 2. The summed E-state index contributed by atoms with van der Waals surface area (Å²) in [6.07, 6.45) is -0.306. The first kappa shape index (κ1) is 21.3. The number of nitrogens with one attached hydrogen (secondary N) is 3. The molecule has 1 saturated heterocycles. The van der Waals surface area contributed by atoms with Gasteiger partial charge in [0.25, 0.3) is 11.8 Å². The predicted octanol–water partition coefficient (Wildman–Crippen LogP) is 1.23. The van der Waals surface area contributed by atoms with E-state index in [4.69, 9.17) is 4.74 Å². The molecule has 0 saturated carbocycles.